The lowest BCUT2D eigenvalue weighted by molar-refractivity contribution is 0.398. The fourth-order valence-corrected chi connectivity index (χ4v) is 1.97. The summed E-state index contributed by atoms with van der Waals surface area (Å²) in [6.45, 7) is 4.08. The molecule has 0 radical (unpaired) electrons. The van der Waals surface area contributed by atoms with Crippen LogP contribution in [0.5, 0.6) is 0 Å². The van der Waals surface area contributed by atoms with E-state index >= 15 is 0 Å². The lowest BCUT2D eigenvalue weighted by Gasteiger charge is -2.24. The minimum atomic E-state index is 0.551. The van der Waals surface area contributed by atoms with Crippen LogP contribution in [-0.2, 0) is 6.54 Å². The van der Waals surface area contributed by atoms with Crippen molar-refractivity contribution in [1.29, 1.82) is 5.41 Å². The zero-order valence-corrected chi connectivity index (χ0v) is 9.95. The molecule has 0 bridgehead atoms. The Kier molecular flexibility index (Phi) is 3.60. The van der Waals surface area contributed by atoms with Gasteiger partial charge in [-0.15, -0.1) is 0 Å². The quantitative estimate of drug-likeness (QED) is 0.593. The molecule has 0 aliphatic heterocycles. The second-order valence-corrected chi connectivity index (χ2v) is 4.57. The zero-order valence-electron chi connectivity index (χ0n) is 9.95. The number of nitrogens with zero attached hydrogens (tertiary/aromatic N) is 1. The van der Waals surface area contributed by atoms with Crippen LogP contribution in [0.25, 0.3) is 0 Å². The third-order valence-electron chi connectivity index (χ3n) is 3.01. The van der Waals surface area contributed by atoms with Gasteiger partial charge in [0.25, 0.3) is 0 Å². The Hall–Kier alpha value is -1.31. The van der Waals surface area contributed by atoms with E-state index in [0.29, 0.717) is 5.92 Å². The van der Waals surface area contributed by atoms with Gasteiger partial charge in [-0.25, -0.2) is 0 Å². The van der Waals surface area contributed by atoms with E-state index in [2.05, 4.69) is 36.1 Å². The number of nitrogens with one attached hydrogen (secondary N) is 1. The molecule has 0 aromatic heterocycles. The summed E-state index contributed by atoms with van der Waals surface area (Å²) in [6, 6.07) is 10.5. The van der Waals surface area contributed by atoms with E-state index in [9.17, 15) is 0 Å². The van der Waals surface area contributed by atoms with Crippen LogP contribution in [0.1, 0.15) is 31.7 Å². The molecule has 0 heterocycles. The Balaban J connectivity index is 1.99. The van der Waals surface area contributed by atoms with Crippen molar-refractivity contribution in [1.82, 2.24) is 4.90 Å². The lowest BCUT2D eigenvalue weighted by Crippen LogP contribution is -2.31. The predicted octanol–water partition coefficient (Wildman–Crippen LogP) is 3.29. The Morgan fingerprint density at radius 2 is 2.00 bits per heavy atom. The van der Waals surface area contributed by atoms with Gasteiger partial charge in [0.15, 0.2) is 0 Å². The third-order valence-corrected chi connectivity index (χ3v) is 3.01. The molecule has 1 aromatic carbocycles. The van der Waals surface area contributed by atoms with Gasteiger partial charge in [-0.2, -0.15) is 0 Å². The molecule has 1 aliphatic carbocycles. The molecule has 1 fully saturated rings. The topological polar surface area (TPSA) is 27.1 Å². The van der Waals surface area contributed by atoms with Crippen LogP contribution in [0.15, 0.2) is 30.3 Å². The standard InChI is InChI=1S/C14H20N2/c1-2-10-16(14(15)13-8-9-13)11-12-6-4-3-5-7-12/h3-7,13,15H,2,8-11H2,1H3. The molecule has 2 heteroatoms. The molecule has 86 valence electrons. The molecule has 1 N–H and O–H groups in total. The van der Waals surface area contributed by atoms with Crippen molar-refractivity contribution in [2.75, 3.05) is 6.54 Å². The normalized spacial score (nSPS) is 14.8. The molecule has 1 saturated carbocycles. The van der Waals surface area contributed by atoms with Gasteiger partial charge in [0.1, 0.15) is 0 Å². The monoisotopic (exact) mass is 216 g/mol. The smallest absolute Gasteiger partial charge is 0.0992 e. The van der Waals surface area contributed by atoms with Gasteiger partial charge in [0.2, 0.25) is 0 Å². The largest absolute Gasteiger partial charge is 0.356 e. The Labute approximate surface area is 97.8 Å². The Morgan fingerprint density at radius 1 is 1.31 bits per heavy atom. The number of hydrogen-bond donors (Lipinski definition) is 1. The Morgan fingerprint density at radius 3 is 2.56 bits per heavy atom. The summed E-state index contributed by atoms with van der Waals surface area (Å²) in [5, 5.41) is 8.14. The van der Waals surface area contributed by atoms with E-state index < -0.39 is 0 Å². The van der Waals surface area contributed by atoms with E-state index in [-0.39, 0.29) is 0 Å². The molecule has 16 heavy (non-hydrogen) atoms. The van der Waals surface area contributed by atoms with Gasteiger partial charge in [0.05, 0.1) is 5.84 Å². The second-order valence-electron chi connectivity index (χ2n) is 4.57. The molecule has 0 amide bonds. The molecule has 2 rings (SSSR count). The van der Waals surface area contributed by atoms with Crippen molar-refractivity contribution < 1.29 is 0 Å². The summed E-state index contributed by atoms with van der Waals surface area (Å²) in [5.74, 6) is 1.40. The summed E-state index contributed by atoms with van der Waals surface area (Å²) in [6.07, 6.45) is 3.55. The summed E-state index contributed by atoms with van der Waals surface area (Å²) in [4.78, 5) is 2.23. The average molecular weight is 216 g/mol. The van der Waals surface area contributed by atoms with Crippen LogP contribution < -0.4 is 0 Å². The average Bonchev–Trinajstić information content (AvgIpc) is 3.13. The first-order chi connectivity index (χ1) is 7.81. The first kappa shape index (κ1) is 11.2. The SMILES string of the molecule is CCCN(Cc1ccccc1)C(=N)C1CC1. The van der Waals surface area contributed by atoms with Crippen LogP contribution in [0.4, 0.5) is 0 Å². The highest BCUT2D eigenvalue weighted by atomic mass is 15.2. The van der Waals surface area contributed by atoms with Crippen LogP contribution in [-0.4, -0.2) is 17.3 Å². The zero-order chi connectivity index (χ0) is 11.4. The maximum absolute atomic E-state index is 8.14. The maximum Gasteiger partial charge on any atom is 0.0992 e. The van der Waals surface area contributed by atoms with E-state index in [1.165, 1.54) is 18.4 Å². The highest BCUT2D eigenvalue weighted by molar-refractivity contribution is 5.83. The van der Waals surface area contributed by atoms with Crippen LogP contribution in [0, 0.1) is 11.3 Å². The van der Waals surface area contributed by atoms with Gasteiger partial charge in [-0.05, 0) is 24.8 Å². The van der Waals surface area contributed by atoms with Crippen molar-refractivity contribution >= 4 is 5.84 Å². The molecule has 1 aliphatic rings. The fourth-order valence-electron chi connectivity index (χ4n) is 1.97. The molecule has 0 spiro atoms. The second kappa shape index (κ2) is 5.15. The van der Waals surface area contributed by atoms with E-state index in [1.807, 2.05) is 6.07 Å². The fraction of sp³-hybridized carbons (Fsp3) is 0.500. The van der Waals surface area contributed by atoms with Crippen LogP contribution in [0.2, 0.25) is 0 Å². The van der Waals surface area contributed by atoms with Crippen molar-refractivity contribution in [3.05, 3.63) is 35.9 Å². The molecule has 1 aromatic rings. The van der Waals surface area contributed by atoms with Crippen molar-refractivity contribution in [2.45, 2.75) is 32.7 Å². The Bertz CT molecular complexity index is 341. The van der Waals surface area contributed by atoms with Crippen molar-refractivity contribution in [3.63, 3.8) is 0 Å². The van der Waals surface area contributed by atoms with E-state index in [4.69, 9.17) is 5.41 Å². The van der Waals surface area contributed by atoms with Crippen molar-refractivity contribution in [2.24, 2.45) is 5.92 Å². The number of hydrogen-bond acceptors (Lipinski definition) is 1. The third kappa shape index (κ3) is 2.84. The minimum Gasteiger partial charge on any atom is -0.356 e. The number of rotatable bonds is 5. The van der Waals surface area contributed by atoms with E-state index in [0.717, 1.165) is 25.3 Å². The van der Waals surface area contributed by atoms with Crippen LogP contribution >= 0.6 is 0 Å². The van der Waals surface area contributed by atoms with Crippen molar-refractivity contribution in [3.8, 4) is 0 Å². The van der Waals surface area contributed by atoms with E-state index in [1.54, 1.807) is 0 Å². The van der Waals surface area contributed by atoms with Gasteiger partial charge in [-0.1, -0.05) is 37.3 Å². The molecular weight excluding hydrogens is 196 g/mol. The summed E-state index contributed by atoms with van der Waals surface area (Å²) >= 11 is 0. The molecule has 0 atom stereocenters. The summed E-state index contributed by atoms with van der Waals surface area (Å²) in [5.41, 5.74) is 1.31. The highest BCUT2D eigenvalue weighted by Gasteiger charge is 2.29. The van der Waals surface area contributed by atoms with Gasteiger partial charge in [-0.3, -0.25) is 5.41 Å². The summed E-state index contributed by atoms with van der Waals surface area (Å²) < 4.78 is 0. The maximum atomic E-state index is 8.14. The van der Waals surface area contributed by atoms with Gasteiger partial charge >= 0.3 is 0 Å². The number of benzene rings is 1. The molecular formula is C14H20N2. The minimum absolute atomic E-state index is 0.551. The first-order valence-corrected chi connectivity index (χ1v) is 6.18. The lowest BCUT2D eigenvalue weighted by atomic mass is 10.2. The molecule has 2 nitrogen and oxygen atoms in total. The molecule has 0 unspecified atom stereocenters. The highest BCUT2D eigenvalue weighted by Crippen LogP contribution is 2.31. The van der Waals surface area contributed by atoms with Gasteiger partial charge in [0, 0.05) is 19.0 Å². The number of amidine groups is 1. The van der Waals surface area contributed by atoms with Crippen LogP contribution in [0.3, 0.4) is 0 Å². The van der Waals surface area contributed by atoms with Gasteiger partial charge < -0.3 is 4.90 Å². The predicted molar refractivity (Wildman–Crippen MR) is 67.6 cm³/mol. The molecule has 0 saturated heterocycles. The summed E-state index contributed by atoms with van der Waals surface area (Å²) in [7, 11) is 0. The first-order valence-electron chi connectivity index (χ1n) is 6.18.